The van der Waals surface area contributed by atoms with Crippen LogP contribution in [0.25, 0.3) is 11.8 Å². The number of methoxy groups -OCH3 is 1. The number of hydrogen-bond acceptors (Lipinski definition) is 3. The van der Waals surface area contributed by atoms with E-state index in [0.717, 1.165) is 48.8 Å². The van der Waals surface area contributed by atoms with E-state index in [-0.39, 0.29) is 0 Å². The third-order valence-corrected chi connectivity index (χ3v) is 6.10. The van der Waals surface area contributed by atoms with Gasteiger partial charge in [0.25, 0.3) is 0 Å². The highest BCUT2D eigenvalue weighted by atomic mass is 16.5. The van der Waals surface area contributed by atoms with E-state index in [2.05, 4.69) is 74.2 Å². The van der Waals surface area contributed by atoms with Crippen molar-refractivity contribution < 1.29 is 4.74 Å². The summed E-state index contributed by atoms with van der Waals surface area (Å²) in [5.41, 5.74) is 6.10. The molecule has 0 amide bonds. The van der Waals surface area contributed by atoms with Crippen LogP contribution in [0.4, 0.5) is 0 Å². The van der Waals surface area contributed by atoms with Gasteiger partial charge in [-0.3, -0.25) is 4.90 Å². The molecule has 0 fully saturated rings. The van der Waals surface area contributed by atoms with Crippen molar-refractivity contribution in [1.82, 2.24) is 14.7 Å². The maximum atomic E-state index is 5.94. The highest BCUT2D eigenvalue weighted by Gasteiger charge is 2.31. The maximum Gasteiger partial charge on any atom is 0.221 e. The van der Waals surface area contributed by atoms with Gasteiger partial charge in [0.15, 0.2) is 0 Å². The second-order valence-electron chi connectivity index (χ2n) is 8.54. The highest BCUT2D eigenvalue weighted by Crippen LogP contribution is 2.38. The second-order valence-corrected chi connectivity index (χ2v) is 8.54. The Labute approximate surface area is 186 Å². The first kappa shape index (κ1) is 21.4. The number of fused-ring (bicyclic) bond motifs is 1. The van der Waals surface area contributed by atoms with Gasteiger partial charge in [0, 0.05) is 19.1 Å². The van der Waals surface area contributed by atoms with E-state index < -0.39 is 0 Å². The normalized spacial score (nSPS) is 16.7. The molecule has 0 bridgehead atoms. The molecule has 3 aromatic rings. The van der Waals surface area contributed by atoms with Crippen molar-refractivity contribution in [2.45, 2.75) is 46.2 Å². The zero-order chi connectivity index (χ0) is 21.8. The fraction of sp³-hybridized carbons (Fsp3) is 0.370. The van der Waals surface area contributed by atoms with E-state index in [9.17, 15) is 0 Å². The number of hydrogen-bond donors (Lipinski definition) is 0. The van der Waals surface area contributed by atoms with Crippen LogP contribution in [-0.2, 0) is 13.0 Å². The minimum absolute atomic E-state index is 0.387. The molecule has 4 heteroatoms. The van der Waals surface area contributed by atoms with Crippen molar-refractivity contribution in [1.29, 1.82) is 0 Å². The molecule has 0 saturated heterocycles. The van der Waals surface area contributed by atoms with Gasteiger partial charge in [-0.15, -0.1) is 0 Å². The van der Waals surface area contributed by atoms with Crippen molar-refractivity contribution in [3.63, 3.8) is 0 Å². The summed E-state index contributed by atoms with van der Waals surface area (Å²) < 4.78 is 7.88. The summed E-state index contributed by atoms with van der Waals surface area (Å²) in [6.45, 7) is 8.65. The number of nitrogens with zero attached hydrogens (tertiary/aromatic N) is 3. The first-order valence-electron chi connectivity index (χ1n) is 11.3. The quantitative estimate of drug-likeness (QED) is 0.470. The zero-order valence-corrected chi connectivity index (χ0v) is 19.1. The first-order chi connectivity index (χ1) is 15.1. The predicted octanol–water partition coefficient (Wildman–Crippen LogP) is 6.06. The molecule has 0 spiro atoms. The van der Waals surface area contributed by atoms with Crippen LogP contribution in [0.15, 0.2) is 60.7 Å². The molecule has 4 nitrogen and oxygen atoms in total. The Bertz CT molecular complexity index is 1040. The molecule has 0 N–H and O–H groups in total. The standard InChI is InChI=1S/C27H33N3O/c1-5-6-16-25-24(27(31-4)30(28-25)22-13-8-7-9-14-22)19-29-18-17-21-12-10-11-15-23(21)26(29)20(2)3/h6-16,20,26H,5,17-19H2,1-4H3/b16-6+. The van der Waals surface area contributed by atoms with Gasteiger partial charge in [-0.1, -0.05) is 69.3 Å². The van der Waals surface area contributed by atoms with E-state index >= 15 is 0 Å². The third kappa shape index (κ3) is 4.31. The number of ether oxygens (including phenoxy) is 1. The van der Waals surface area contributed by atoms with Gasteiger partial charge >= 0.3 is 0 Å². The van der Waals surface area contributed by atoms with E-state index in [4.69, 9.17) is 9.84 Å². The summed E-state index contributed by atoms with van der Waals surface area (Å²) in [5, 5.41) is 4.95. The van der Waals surface area contributed by atoms with E-state index in [1.165, 1.54) is 11.1 Å². The Morgan fingerprint density at radius 2 is 1.84 bits per heavy atom. The van der Waals surface area contributed by atoms with E-state index in [1.54, 1.807) is 7.11 Å². The smallest absolute Gasteiger partial charge is 0.221 e. The lowest BCUT2D eigenvalue weighted by Gasteiger charge is -2.39. The van der Waals surface area contributed by atoms with Crippen LogP contribution in [0.5, 0.6) is 5.88 Å². The third-order valence-electron chi connectivity index (χ3n) is 6.10. The SMILES string of the molecule is CC/C=C/c1nn(-c2ccccc2)c(OC)c1CN1CCc2ccccc2C1C(C)C. The Balaban J connectivity index is 1.76. The van der Waals surface area contributed by atoms with Crippen LogP contribution in [0.3, 0.4) is 0 Å². The molecule has 1 atom stereocenters. The van der Waals surface area contributed by atoms with Crippen molar-refractivity contribution >= 4 is 6.08 Å². The maximum absolute atomic E-state index is 5.94. The molecule has 0 radical (unpaired) electrons. The van der Waals surface area contributed by atoms with E-state index in [0.29, 0.717) is 12.0 Å². The van der Waals surface area contributed by atoms with Crippen molar-refractivity contribution in [3.8, 4) is 11.6 Å². The van der Waals surface area contributed by atoms with Crippen molar-refractivity contribution in [2.75, 3.05) is 13.7 Å². The summed E-state index contributed by atoms with van der Waals surface area (Å²) in [5.74, 6) is 1.34. The van der Waals surface area contributed by atoms with Crippen LogP contribution >= 0.6 is 0 Å². The van der Waals surface area contributed by atoms with Crippen LogP contribution < -0.4 is 4.74 Å². The van der Waals surface area contributed by atoms with Gasteiger partial charge in [-0.2, -0.15) is 5.10 Å². The average Bonchev–Trinajstić information content (AvgIpc) is 3.14. The summed E-state index contributed by atoms with van der Waals surface area (Å²) in [6.07, 6.45) is 6.37. The summed E-state index contributed by atoms with van der Waals surface area (Å²) in [6, 6.07) is 19.5. The molecule has 0 aliphatic carbocycles. The van der Waals surface area contributed by atoms with Crippen molar-refractivity contribution in [3.05, 3.63) is 83.1 Å². The monoisotopic (exact) mass is 415 g/mol. The molecule has 2 heterocycles. The number of para-hydroxylation sites is 1. The minimum atomic E-state index is 0.387. The van der Waals surface area contributed by atoms with Crippen LogP contribution in [0, 0.1) is 5.92 Å². The predicted molar refractivity (Wildman–Crippen MR) is 128 cm³/mol. The van der Waals surface area contributed by atoms with E-state index in [1.807, 2.05) is 22.9 Å². The van der Waals surface area contributed by atoms with Crippen LogP contribution in [0.1, 0.15) is 55.6 Å². The highest BCUT2D eigenvalue weighted by molar-refractivity contribution is 5.55. The van der Waals surface area contributed by atoms with Gasteiger partial charge in [-0.25, -0.2) is 4.68 Å². The summed E-state index contributed by atoms with van der Waals surface area (Å²) in [7, 11) is 1.75. The van der Waals surface area contributed by atoms with Gasteiger partial charge in [-0.05, 0) is 48.1 Å². The lowest BCUT2D eigenvalue weighted by molar-refractivity contribution is 0.134. The molecule has 1 aliphatic heterocycles. The molecular formula is C27H33N3O. The van der Waals surface area contributed by atoms with Crippen LogP contribution in [0.2, 0.25) is 0 Å². The lowest BCUT2D eigenvalue weighted by Crippen LogP contribution is -2.37. The Morgan fingerprint density at radius 1 is 1.10 bits per heavy atom. The number of rotatable bonds is 7. The van der Waals surface area contributed by atoms with Gasteiger partial charge in [0.2, 0.25) is 5.88 Å². The molecule has 1 aromatic heterocycles. The van der Waals surface area contributed by atoms with Gasteiger partial charge in [0.05, 0.1) is 24.1 Å². The molecule has 4 rings (SSSR count). The fourth-order valence-corrected chi connectivity index (χ4v) is 4.73. The minimum Gasteiger partial charge on any atom is -0.481 e. The number of benzene rings is 2. The fourth-order valence-electron chi connectivity index (χ4n) is 4.73. The average molecular weight is 416 g/mol. The largest absolute Gasteiger partial charge is 0.481 e. The molecule has 162 valence electrons. The second kappa shape index (κ2) is 9.52. The number of aromatic nitrogens is 2. The summed E-state index contributed by atoms with van der Waals surface area (Å²) >= 11 is 0. The molecular weight excluding hydrogens is 382 g/mol. The Morgan fingerprint density at radius 3 is 2.55 bits per heavy atom. The molecule has 0 saturated carbocycles. The Kier molecular flexibility index (Phi) is 6.57. The first-order valence-corrected chi connectivity index (χ1v) is 11.3. The topological polar surface area (TPSA) is 30.3 Å². The van der Waals surface area contributed by atoms with Gasteiger partial charge < -0.3 is 4.74 Å². The summed E-state index contributed by atoms with van der Waals surface area (Å²) in [4.78, 5) is 2.60. The number of allylic oxidation sites excluding steroid dienone is 1. The van der Waals surface area contributed by atoms with Gasteiger partial charge in [0.1, 0.15) is 0 Å². The molecule has 2 aromatic carbocycles. The molecule has 1 aliphatic rings. The van der Waals surface area contributed by atoms with Crippen LogP contribution in [-0.4, -0.2) is 28.3 Å². The molecule has 1 unspecified atom stereocenters. The molecule has 31 heavy (non-hydrogen) atoms. The Hall–Kier alpha value is -2.85. The van der Waals surface area contributed by atoms with Crippen molar-refractivity contribution in [2.24, 2.45) is 5.92 Å². The zero-order valence-electron chi connectivity index (χ0n) is 19.1. The lowest BCUT2D eigenvalue weighted by atomic mass is 9.86.